The molecule has 6 nitrogen and oxygen atoms in total. The van der Waals surface area contributed by atoms with Crippen molar-refractivity contribution in [1.82, 2.24) is 4.98 Å². The molecule has 7 heteroatoms. The number of pyridine rings is 1. The highest BCUT2D eigenvalue weighted by molar-refractivity contribution is 8.02. The van der Waals surface area contributed by atoms with Crippen molar-refractivity contribution >= 4 is 35.0 Å². The van der Waals surface area contributed by atoms with Gasteiger partial charge in [0, 0.05) is 23.5 Å². The van der Waals surface area contributed by atoms with Gasteiger partial charge in [0.15, 0.2) is 0 Å². The minimum Gasteiger partial charge on any atom is -0.384 e. The summed E-state index contributed by atoms with van der Waals surface area (Å²) in [6.45, 7) is 7.63. The Kier molecular flexibility index (Phi) is 5.60. The number of anilines is 3. The zero-order valence-corrected chi connectivity index (χ0v) is 20.6. The van der Waals surface area contributed by atoms with Crippen molar-refractivity contribution in [3.8, 4) is 0 Å². The number of aliphatic hydroxyl groups is 1. The third kappa shape index (κ3) is 5.14. The van der Waals surface area contributed by atoms with Crippen LogP contribution in [0.5, 0.6) is 0 Å². The monoisotopic (exact) mass is 466 g/mol. The topological polar surface area (TPSA) is 77.5 Å². The van der Waals surface area contributed by atoms with Crippen LogP contribution in [0.15, 0.2) is 36.4 Å². The summed E-state index contributed by atoms with van der Waals surface area (Å²) in [7, 11) is 0. The molecule has 0 unspecified atom stereocenters. The highest BCUT2D eigenvalue weighted by Crippen LogP contribution is 2.54. The number of piperidine rings is 1. The number of carbonyl (C=O) groups excluding carboxylic acids is 1. The first kappa shape index (κ1) is 22.5. The van der Waals surface area contributed by atoms with Crippen LogP contribution in [0.3, 0.4) is 0 Å². The number of amides is 1. The molecule has 5 rings (SSSR count). The van der Waals surface area contributed by atoms with Gasteiger partial charge in [0.25, 0.3) is 5.91 Å². The third-order valence-corrected chi connectivity index (χ3v) is 8.59. The average Bonchev–Trinajstić information content (AvgIpc) is 3.71. The number of rotatable bonds is 7. The molecule has 1 amide bonds. The summed E-state index contributed by atoms with van der Waals surface area (Å²) in [6.07, 6.45) is 7.59. The van der Waals surface area contributed by atoms with Gasteiger partial charge >= 0.3 is 0 Å². The van der Waals surface area contributed by atoms with Crippen molar-refractivity contribution in [1.29, 1.82) is 0 Å². The van der Waals surface area contributed by atoms with Crippen LogP contribution in [0.25, 0.3) is 0 Å². The van der Waals surface area contributed by atoms with Gasteiger partial charge in [-0.3, -0.25) is 4.79 Å². The van der Waals surface area contributed by atoms with Gasteiger partial charge in [-0.2, -0.15) is 0 Å². The maximum absolute atomic E-state index is 13.4. The van der Waals surface area contributed by atoms with Gasteiger partial charge in [-0.15, -0.1) is 0 Å². The van der Waals surface area contributed by atoms with Crippen LogP contribution in [0, 0.1) is 5.41 Å². The van der Waals surface area contributed by atoms with Gasteiger partial charge in [0.2, 0.25) is 0 Å². The van der Waals surface area contributed by atoms with Gasteiger partial charge in [0.05, 0.1) is 16.9 Å². The fraction of sp³-hybridized carbons (Fsp3) is 0.538. The van der Waals surface area contributed by atoms with Gasteiger partial charge < -0.3 is 20.0 Å². The van der Waals surface area contributed by atoms with E-state index in [0.29, 0.717) is 27.2 Å². The molecular formula is C26H34N4O2S. The van der Waals surface area contributed by atoms with Crippen molar-refractivity contribution in [3.05, 3.63) is 47.7 Å². The second-order valence-corrected chi connectivity index (χ2v) is 12.2. The van der Waals surface area contributed by atoms with Gasteiger partial charge in [-0.1, -0.05) is 6.07 Å². The van der Waals surface area contributed by atoms with E-state index in [1.807, 2.05) is 12.1 Å². The van der Waals surface area contributed by atoms with Crippen molar-refractivity contribution in [2.75, 3.05) is 28.0 Å². The summed E-state index contributed by atoms with van der Waals surface area (Å²) < 4.78 is 3.84. The molecule has 1 saturated heterocycles. The molecule has 3 aliphatic rings. The summed E-state index contributed by atoms with van der Waals surface area (Å²) >= 11 is 1.78. The largest absolute Gasteiger partial charge is 0.384 e. The van der Waals surface area contributed by atoms with E-state index in [4.69, 9.17) is 0 Å². The Bertz CT molecular complexity index is 1050. The lowest BCUT2D eigenvalue weighted by Crippen LogP contribution is -2.35. The Morgan fingerprint density at radius 2 is 1.82 bits per heavy atom. The molecule has 1 aromatic carbocycles. The maximum atomic E-state index is 13.4. The number of hydrogen-bond donors (Lipinski definition) is 3. The molecule has 1 spiro atoms. The van der Waals surface area contributed by atoms with E-state index in [1.165, 1.54) is 38.5 Å². The number of benzene rings is 1. The second-order valence-electron chi connectivity index (χ2n) is 10.8. The molecule has 176 valence electrons. The molecule has 3 N–H and O–H groups in total. The number of aromatic nitrogens is 1. The molecule has 0 atom stereocenters. The zero-order chi connectivity index (χ0) is 23.3. The minimum atomic E-state index is -1.07. The predicted octanol–water partition coefficient (Wildman–Crippen LogP) is 5.55. The molecule has 33 heavy (non-hydrogen) atoms. The highest BCUT2D eigenvalue weighted by atomic mass is 32.2. The van der Waals surface area contributed by atoms with Gasteiger partial charge in [-0.05, 0) is 107 Å². The van der Waals surface area contributed by atoms with E-state index in [1.54, 1.807) is 44.0 Å². The lowest BCUT2D eigenvalue weighted by Gasteiger charge is -2.35. The Balaban J connectivity index is 1.38. The second kappa shape index (κ2) is 8.20. The molecule has 3 fully saturated rings. The Morgan fingerprint density at radius 3 is 2.45 bits per heavy atom. The number of nitrogens with one attached hydrogen (secondary N) is 2. The Morgan fingerprint density at radius 1 is 1.09 bits per heavy atom. The normalized spacial score (nSPS) is 20.4. The molecular weight excluding hydrogens is 432 g/mol. The molecule has 2 aromatic rings. The first-order chi connectivity index (χ1) is 15.6. The van der Waals surface area contributed by atoms with Crippen molar-refractivity contribution < 1.29 is 9.90 Å². The smallest absolute Gasteiger partial charge is 0.258 e. The number of carbonyl (C=O) groups is 1. The van der Waals surface area contributed by atoms with E-state index in [0.717, 1.165) is 24.5 Å². The SMILES string of the molecule is CC1(SNc2ccc(C(=O)Nc3cccc(C(C)(C)O)n3)c(N3CCC4(CC3)CC4)c2)CC1. The van der Waals surface area contributed by atoms with E-state index in [-0.39, 0.29) is 5.91 Å². The van der Waals surface area contributed by atoms with Crippen LogP contribution >= 0.6 is 11.9 Å². The molecule has 0 radical (unpaired) electrons. The fourth-order valence-electron chi connectivity index (χ4n) is 4.44. The number of nitrogens with zero attached hydrogens (tertiary/aromatic N) is 2. The van der Waals surface area contributed by atoms with Crippen LogP contribution in [-0.2, 0) is 5.60 Å². The molecule has 2 saturated carbocycles. The molecule has 1 aromatic heterocycles. The molecule has 2 heterocycles. The third-order valence-electron chi connectivity index (χ3n) is 7.35. The van der Waals surface area contributed by atoms with Crippen LogP contribution in [0.2, 0.25) is 0 Å². The fourth-order valence-corrected chi connectivity index (χ4v) is 5.23. The first-order valence-corrected chi connectivity index (χ1v) is 12.8. The Labute approximate surface area is 200 Å². The standard InChI is InChI=1S/C26H34N4O2S/c1-24(2,32)21-5-4-6-22(27-21)28-23(31)19-8-7-18(29-33-25(3)9-10-25)17-20(19)30-15-13-26(11-12-26)14-16-30/h4-8,17,29,32H,9-16H2,1-3H3,(H,27,28,31). The van der Waals surface area contributed by atoms with Gasteiger partial charge in [-0.25, -0.2) is 4.98 Å². The highest BCUT2D eigenvalue weighted by Gasteiger charge is 2.44. The van der Waals surface area contributed by atoms with E-state index < -0.39 is 5.60 Å². The van der Waals surface area contributed by atoms with E-state index in [2.05, 4.69) is 32.9 Å². The summed E-state index contributed by atoms with van der Waals surface area (Å²) in [5, 5.41) is 13.2. The molecule has 2 aliphatic carbocycles. The Hall–Kier alpha value is -2.25. The quantitative estimate of drug-likeness (QED) is 0.464. The molecule has 1 aliphatic heterocycles. The van der Waals surface area contributed by atoms with E-state index in [9.17, 15) is 9.90 Å². The van der Waals surface area contributed by atoms with Crippen LogP contribution < -0.4 is 14.9 Å². The summed E-state index contributed by atoms with van der Waals surface area (Å²) in [4.78, 5) is 20.2. The van der Waals surface area contributed by atoms with Gasteiger partial charge in [0.1, 0.15) is 11.4 Å². The van der Waals surface area contributed by atoms with Crippen LogP contribution in [0.1, 0.15) is 75.3 Å². The summed E-state index contributed by atoms with van der Waals surface area (Å²) in [5.41, 5.74) is 2.71. The van der Waals surface area contributed by atoms with Crippen molar-refractivity contribution in [3.63, 3.8) is 0 Å². The number of hydrogen-bond acceptors (Lipinski definition) is 6. The zero-order valence-electron chi connectivity index (χ0n) is 19.8. The minimum absolute atomic E-state index is 0.175. The lowest BCUT2D eigenvalue weighted by molar-refractivity contribution is 0.0739. The first-order valence-electron chi connectivity index (χ1n) is 12.0. The van der Waals surface area contributed by atoms with Crippen molar-refractivity contribution in [2.45, 2.75) is 69.6 Å². The average molecular weight is 467 g/mol. The predicted molar refractivity (Wildman–Crippen MR) is 136 cm³/mol. The molecule has 0 bridgehead atoms. The van der Waals surface area contributed by atoms with Crippen molar-refractivity contribution in [2.24, 2.45) is 5.41 Å². The lowest BCUT2D eigenvalue weighted by atomic mass is 9.93. The van der Waals surface area contributed by atoms with Crippen LogP contribution in [0.4, 0.5) is 17.2 Å². The van der Waals surface area contributed by atoms with E-state index >= 15 is 0 Å². The maximum Gasteiger partial charge on any atom is 0.258 e. The summed E-state index contributed by atoms with van der Waals surface area (Å²) in [6, 6.07) is 11.4. The van der Waals surface area contributed by atoms with Crippen LogP contribution in [-0.4, -0.2) is 33.8 Å². The summed E-state index contributed by atoms with van der Waals surface area (Å²) in [5.74, 6) is 0.269.